The molecule has 1 aliphatic heterocycles. The zero-order valence-electron chi connectivity index (χ0n) is 15.2. The minimum atomic E-state index is -0.493. The number of ether oxygens (including phenoxy) is 1. The number of hydrogen-bond donors (Lipinski definition) is 1. The molecule has 1 aliphatic rings. The van der Waals surface area contributed by atoms with Crippen LogP contribution in [0.3, 0.4) is 0 Å². The fourth-order valence-corrected chi connectivity index (χ4v) is 2.58. The molecule has 27 heavy (non-hydrogen) atoms. The van der Waals surface area contributed by atoms with Crippen molar-refractivity contribution in [3.05, 3.63) is 71.2 Å². The van der Waals surface area contributed by atoms with E-state index in [1.54, 1.807) is 18.2 Å². The quantitative estimate of drug-likeness (QED) is 0.620. The lowest BCUT2D eigenvalue weighted by Gasteiger charge is -2.11. The Morgan fingerprint density at radius 2 is 1.74 bits per heavy atom. The van der Waals surface area contributed by atoms with Crippen LogP contribution in [0.5, 0.6) is 5.75 Å². The lowest BCUT2D eigenvalue weighted by Crippen LogP contribution is -2.30. The van der Waals surface area contributed by atoms with Crippen molar-refractivity contribution in [2.24, 2.45) is 5.92 Å². The zero-order valence-corrected chi connectivity index (χ0v) is 15.2. The number of carbonyl (C=O) groups excluding carboxylic acids is 2. The van der Waals surface area contributed by atoms with Crippen LogP contribution in [0.2, 0.25) is 0 Å². The lowest BCUT2D eigenvalue weighted by atomic mass is 10.1. The molecule has 1 heterocycles. The van der Waals surface area contributed by atoms with Crippen molar-refractivity contribution in [3.8, 4) is 5.75 Å². The van der Waals surface area contributed by atoms with Crippen molar-refractivity contribution < 1.29 is 18.7 Å². The van der Waals surface area contributed by atoms with E-state index >= 15 is 0 Å². The van der Waals surface area contributed by atoms with Crippen molar-refractivity contribution in [2.45, 2.75) is 20.4 Å². The number of carbonyl (C=O) groups is 2. The highest BCUT2D eigenvalue weighted by Gasteiger charge is 2.33. The second-order valence-corrected chi connectivity index (χ2v) is 6.78. The minimum absolute atomic E-state index is 0.0876. The van der Waals surface area contributed by atoms with Gasteiger partial charge in [0, 0.05) is 0 Å². The number of halogens is 1. The average Bonchev–Trinajstić information content (AvgIpc) is 2.90. The highest BCUT2D eigenvalue weighted by Crippen LogP contribution is 2.19. The summed E-state index contributed by atoms with van der Waals surface area (Å²) >= 11 is 0. The predicted octanol–water partition coefficient (Wildman–Crippen LogP) is 3.95. The van der Waals surface area contributed by atoms with Crippen LogP contribution < -0.4 is 10.1 Å². The molecule has 5 nitrogen and oxygen atoms in total. The Morgan fingerprint density at radius 1 is 1.07 bits per heavy atom. The Kier molecular flexibility index (Phi) is 5.54. The van der Waals surface area contributed by atoms with E-state index in [1.165, 1.54) is 12.1 Å². The number of imide groups is 1. The number of nitrogens with zero attached hydrogens (tertiary/aromatic N) is 1. The summed E-state index contributed by atoms with van der Waals surface area (Å²) in [5.41, 5.74) is 1.66. The molecule has 0 spiro atoms. The van der Waals surface area contributed by atoms with Crippen LogP contribution in [-0.4, -0.2) is 23.4 Å². The van der Waals surface area contributed by atoms with Gasteiger partial charge in [0.05, 0.1) is 13.2 Å². The second kappa shape index (κ2) is 8.03. The first kappa shape index (κ1) is 18.6. The first-order valence-electron chi connectivity index (χ1n) is 8.74. The van der Waals surface area contributed by atoms with Gasteiger partial charge in [0.1, 0.15) is 17.3 Å². The van der Waals surface area contributed by atoms with Crippen LogP contribution in [0, 0.1) is 11.7 Å². The Balaban J connectivity index is 1.69. The summed E-state index contributed by atoms with van der Waals surface area (Å²) in [5.74, 6) is 0.414. The summed E-state index contributed by atoms with van der Waals surface area (Å²) in [7, 11) is 0. The highest BCUT2D eigenvalue weighted by molar-refractivity contribution is 6.13. The summed E-state index contributed by atoms with van der Waals surface area (Å²) in [6.45, 7) is 4.87. The van der Waals surface area contributed by atoms with E-state index in [1.807, 2.05) is 24.3 Å². The lowest BCUT2D eigenvalue weighted by molar-refractivity contribution is -0.123. The van der Waals surface area contributed by atoms with Gasteiger partial charge in [-0.05, 0) is 47.4 Å². The van der Waals surface area contributed by atoms with Crippen LogP contribution in [0.4, 0.5) is 9.18 Å². The second-order valence-electron chi connectivity index (χ2n) is 6.78. The number of hydrogen-bond acceptors (Lipinski definition) is 3. The molecule has 6 heteroatoms. The molecule has 0 radical (unpaired) electrons. The molecule has 0 atom stereocenters. The Bertz CT molecular complexity index is 858. The molecule has 0 aliphatic carbocycles. The van der Waals surface area contributed by atoms with Crippen LogP contribution in [-0.2, 0) is 11.3 Å². The normalized spacial score (nSPS) is 15.6. The van der Waals surface area contributed by atoms with Crippen molar-refractivity contribution in [1.82, 2.24) is 10.2 Å². The molecular formula is C21H21FN2O3. The van der Waals surface area contributed by atoms with Gasteiger partial charge in [-0.3, -0.25) is 9.69 Å². The number of nitrogens with one attached hydrogen (secondary N) is 1. The van der Waals surface area contributed by atoms with E-state index < -0.39 is 11.9 Å². The molecule has 1 fully saturated rings. The first-order valence-corrected chi connectivity index (χ1v) is 8.74. The third-order valence-electron chi connectivity index (χ3n) is 3.99. The van der Waals surface area contributed by atoms with Gasteiger partial charge in [0.25, 0.3) is 5.91 Å². The molecule has 3 amide bonds. The maximum atomic E-state index is 13.0. The summed E-state index contributed by atoms with van der Waals surface area (Å²) in [5, 5.41) is 2.58. The van der Waals surface area contributed by atoms with Gasteiger partial charge < -0.3 is 10.1 Å². The minimum Gasteiger partial charge on any atom is -0.493 e. The fourth-order valence-electron chi connectivity index (χ4n) is 2.58. The zero-order chi connectivity index (χ0) is 19.4. The van der Waals surface area contributed by atoms with Gasteiger partial charge in [0.2, 0.25) is 0 Å². The predicted molar refractivity (Wildman–Crippen MR) is 100 cm³/mol. The Hall–Kier alpha value is -3.15. The van der Waals surface area contributed by atoms with E-state index in [-0.39, 0.29) is 18.1 Å². The van der Waals surface area contributed by atoms with Crippen LogP contribution in [0.1, 0.15) is 25.0 Å². The van der Waals surface area contributed by atoms with E-state index in [2.05, 4.69) is 19.2 Å². The number of benzene rings is 2. The van der Waals surface area contributed by atoms with Crippen LogP contribution >= 0.6 is 0 Å². The summed E-state index contributed by atoms with van der Waals surface area (Å²) in [6.07, 6.45) is 1.62. The molecule has 3 rings (SSSR count). The third-order valence-corrected chi connectivity index (χ3v) is 3.99. The molecule has 0 saturated carbocycles. The molecule has 140 valence electrons. The van der Waals surface area contributed by atoms with Gasteiger partial charge in [-0.2, -0.15) is 0 Å². The summed E-state index contributed by atoms with van der Waals surface area (Å²) in [6, 6.07) is 12.5. The molecule has 1 N–H and O–H groups in total. The molecule has 1 saturated heterocycles. The standard InChI is InChI=1S/C21H21FN2O3/c1-14(2)13-27-18-9-5-15(6-10-18)11-19-20(25)24(21(26)23-19)12-16-3-7-17(22)8-4-16/h3-11,14H,12-13H2,1-2H3,(H,23,26). The van der Waals surface area contributed by atoms with E-state index in [9.17, 15) is 14.0 Å². The van der Waals surface area contributed by atoms with Crippen LogP contribution in [0.15, 0.2) is 54.2 Å². The van der Waals surface area contributed by atoms with E-state index in [4.69, 9.17) is 4.74 Å². The molecule has 0 aromatic heterocycles. The molecule has 0 bridgehead atoms. The highest BCUT2D eigenvalue weighted by atomic mass is 19.1. The van der Waals surface area contributed by atoms with Gasteiger partial charge in [-0.25, -0.2) is 9.18 Å². The van der Waals surface area contributed by atoms with Crippen LogP contribution in [0.25, 0.3) is 6.08 Å². The number of amides is 3. The summed E-state index contributed by atoms with van der Waals surface area (Å²) < 4.78 is 18.6. The third kappa shape index (κ3) is 4.73. The van der Waals surface area contributed by atoms with Crippen molar-refractivity contribution in [2.75, 3.05) is 6.61 Å². The van der Waals surface area contributed by atoms with Crippen molar-refractivity contribution >= 4 is 18.0 Å². The SMILES string of the molecule is CC(C)COc1ccc(C=C2NC(=O)N(Cc3ccc(F)cc3)C2=O)cc1. The van der Waals surface area contributed by atoms with E-state index in [0.717, 1.165) is 16.2 Å². The smallest absolute Gasteiger partial charge is 0.329 e. The molecule has 2 aromatic rings. The number of rotatable bonds is 6. The maximum absolute atomic E-state index is 13.0. The van der Waals surface area contributed by atoms with Gasteiger partial charge in [-0.15, -0.1) is 0 Å². The van der Waals surface area contributed by atoms with Gasteiger partial charge in [0.15, 0.2) is 0 Å². The largest absolute Gasteiger partial charge is 0.493 e. The van der Waals surface area contributed by atoms with Crippen molar-refractivity contribution in [3.63, 3.8) is 0 Å². The molecule has 2 aromatic carbocycles. The monoisotopic (exact) mass is 368 g/mol. The molecular weight excluding hydrogens is 347 g/mol. The number of urea groups is 1. The molecule has 0 unspecified atom stereocenters. The topological polar surface area (TPSA) is 58.6 Å². The Labute approximate surface area is 157 Å². The van der Waals surface area contributed by atoms with E-state index in [0.29, 0.717) is 18.1 Å². The fraction of sp³-hybridized carbons (Fsp3) is 0.238. The van der Waals surface area contributed by atoms with Gasteiger partial charge >= 0.3 is 6.03 Å². The first-order chi connectivity index (χ1) is 12.9. The Morgan fingerprint density at radius 3 is 2.37 bits per heavy atom. The van der Waals surface area contributed by atoms with Crippen molar-refractivity contribution in [1.29, 1.82) is 0 Å². The average molecular weight is 368 g/mol. The summed E-state index contributed by atoms with van der Waals surface area (Å²) in [4.78, 5) is 25.7. The maximum Gasteiger partial charge on any atom is 0.329 e. The van der Waals surface area contributed by atoms with Gasteiger partial charge in [-0.1, -0.05) is 38.1 Å².